The van der Waals surface area contributed by atoms with Crippen LogP contribution in [0.3, 0.4) is 0 Å². The fraction of sp³-hybridized carbons (Fsp3) is 0.500. The molecule has 0 fully saturated rings. The van der Waals surface area contributed by atoms with Gasteiger partial charge >= 0.3 is 0 Å². The normalized spacial score (nSPS) is 16.8. The van der Waals surface area contributed by atoms with Gasteiger partial charge in [0.2, 0.25) is 0 Å². The summed E-state index contributed by atoms with van der Waals surface area (Å²) in [6, 6.07) is 8.36. The second-order valence-corrected chi connectivity index (χ2v) is 5.36. The summed E-state index contributed by atoms with van der Waals surface area (Å²) in [5.74, 6) is 1.69. The monoisotopic (exact) mass is 245 g/mol. The van der Waals surface area contributed by atoms with Gasteiger partial charge in [0.25, 0.3) is 0 Å². The molecule has 2 nitrogen and oxygen atoms in total. The van der Waals surface area contributed by atoms with Crippen LogP contribution in [0.5, 0.6) is 5.75 Å². The molecule has 0 bridgehead atoms. The highest BCUT2D eigenvalue weighted by Gasteiger charge is 2.13. The molecule has 1 aromatic rings. The van der Waals surface area contributed by atoms with E-state index in [9.17, 15) is 0 Å². The Kier molecular flexibility index (Phi) is 4.43. The van der Waals surface area contributed by atoms with E-state index >= 15 is 0 Å². The summed E-state index contributed by atoms with van der Waals surface area (Å²) in [7, 11) is 1.72. The minimum Gasteiger partial charge on any atom is -0.497 e. The van der Waals surface area contributed by atoms with Crippen molar-refractivity contribution >= 4 is 5.57 Å². The zero-order valence-corrected chi connectivity index (χ0v) is 11.6. The van der Waals surface area contributed by atoms with Gasteiger partial charge in [0, 0.05) is 19.6 Å². The molecular formula is C16H23NO. The summed E-state index contributed by atoms with van der Waals surface area (Å²) in [5.41, 5.74) is 2.76. The van der Waals surface area contributed by atoms with Crippen LogP contribution in [-0.4, -0.2) is 31.6 Å². The van der Waals surface area contributed by atoms with Crippen LogP contribution in [0.25, 0.3) is 5.57 Å². The maximum atomic E-state index is 5.28. The molecule has 2 heteroatoms. The molecule has 18 heavy (non-hydrogen) atoms. The molecule has 0 unspecified atom stereocenters. The molecular weight excluding hydrogens is 222 g/mol. The number of benzene rings is 1. The summed E-state index contributed by atoms with van der Waals surface area (Å²) in [6.45, 7) is 8.00. The zero-order valence-electron chi connectivity index (χ0n) is 11.6. The van der Waals surface area contributed by atoms with Gasteiger partial charge in [-0.2, -0.15) is 0 Å². The minimum atomic E-state index is 0.747. The van der Waals surface area contributed by atoms with Gasteiger partial charge in [-0.05, 0) is 35.6 Å². The van der Waals surface area contributed by atoms with Gasteiger partial charge in [0.1, 0.15) is 5.75 Å². The van der Waals surface area contributed by atoms with Crippen molar-refractivity contribution in [3.63, 3.8) is 0 Å². The van der Waals surface area contributed by atoms with Gasteiger partial charge in [-0.25, -0.2) is 0 Å². The Hall–Kier alpha value is -1.28. The van der Waals surface area contributed by atoms with Crippen LogP contribution in [0, 0.1) is 5.92 Å². The van der Waals surface area contributed by atoms with E-state index in [-0.39, 0.29) is 0 Å². The number of hydrogen-bond donors (Lipinski definition) is 0. The first-order valence-corrected chi connectivity index (χ1v) is 6.75. The largest absolute Gasteiger partial charge is 0.497 e. The van der Waals surface area contributed by atoms with Crippen LogP contribution in [0.15, 0.2) is 30.3 Å². The lowest BCUT2D eigenvalue weighted by Gasteiger charge is -2.27. The fourth-order valence-electron chi connectivity index (χ4n) is 2.48. The summed E-state index contributed by atoms with van der Waals surface area (Å²) in [5, 5.41) is 0. The van der Waals surface area contributed by atoms with E-state index in [2.05, 4.69) is 43.0 Å². The van der Waals surface area contributed by atoms with E-state index < -0.39 is 0 Å². The molecule has 1 aliphatic heterocycles. The van der Waals surface area contributed by atoms with Crippen molar-refractivity contribution in [2.24, 2.45) is 5.92 Å². The standard InChI is InChI=1S/C16H23NO/c1-13(2)12-17-9-7-14(8-10-17)15-5-4-6-16(11-15)18-3/h4-7,11,13H,8-10,12H2,1-3H3. The second-order valence-electron chi connectivity index (χ2n) is 5.36. The smallest absolute Gasteiger partial charge is 0.119 e. The van der Waals surface area contributed by atoms with Crippen LogP contribution in [0.1, 0.15) is 25.8 Å². The minimum absolute atomic E-state index is 0.747. The van der Waals surface area contributed by atoms with Gasteiger partial charge in [-0.1, -0.05) is 32.1 Å². The first-order chi connectivity index (χ1) is 8.69. The number of ether oxygens (including phenoxy) is 1. The Bertz CT molecular complexity index is 423. The van der Waals surface area contributed by atoms with Crippen LogP contribution in [-0.2, 0) is 0 Å². The zero-order chi connectivity index (χ0) is 13.0. The summed E-state index contributed by atoms with van der Waals surface area (Å²) in [6.07, 6.45) is 3.50. The predicted molar refractivity (Wildman–Crippen MR) is 76.9 cm³/mol. The van der Waals surface area contributed by atoms with E-state index in [1.54, 1.807) is 7.11 Å². The highest BCUT2D eigenvalue weighted by atomic mass is 16.5. The van der Waals surface area contributed by atoms with Gasteiger partial charge in [-0.15, -0.1) is 0 Å². The third kappa shape index (κ3) is 3.36. The maximum absolute atomic E-state index is 5.28. The van der Waals surface area contributed by atoms with E-state index in [1.165, 1.54) is 24.2 Å². The fourth-order valence-corrected chi connectivity index (χ4v) is 2.48. The van der Waals surface area contributed by atoms with E-state index in [0.29, 0.717) is 0 Å². The van der Waals surface area contributed by atoms with Gasteiger partial charge in [0.05, 0.1) is 7.11 Å². The average molecular weight is 245 g/mol. The molecule has 0 radical (unpaired) electrons. The van der Waals surface area contributed by atoms with Crippen LogP contribution >= 0.6 is 0 Å². The molecule has 1 heterocycles. The number of hydrogen-bond acceptors (Lipinski definition) is 2. The lowest BCUT2D eigenvalue weighted by molar-refractivity contribution is 0.268. The molecule has 0 aromatic heterocycles. The van der Waals surface area contributed by atoms with Crippen LogP contribution < -0.4 is 4.74 Å². The third-order valence-corrected chi connectivity index (χ3v) is 3.36. The van der Waals surface area contributed by atoms with Crippen molar-refractivity contribution in [2.75, 3.05) is 26.7 Å². The predicted octanol–water partition coefficient (Wildman–Crippen LogP) is 3.44. The highest BCUT2D eigenvalue weighted by Crippen LogP contribution is 2.25. The van der Waals surface area contributed by atoms with E-state index in [1.807, 2.05) is 6.07 Å². The van der Waals surface area contributed by atoms with Crippen molar-refractivity contribution in [1.29, 1.82) is 0 Å². The van der Waals surface area contributed by atoms with Crippen molar-refractivity contribution in [1.82, 2.24) is 4.90 Å². The Morgan fingerprint density at radius 1 is 1.33 bits per heavy atom. The lowest BCUT2D eigenvalue weighted by atomic mass is 9.99. The molecule has 0 spiro atoms. The van der Waals surface area contributed by atoms with Crippen molar-refractivity contribution in [2.45, 2.75) is 20.3 Å². The molecule has 0 N–H and O–H groups in total. The molecule has 0 saturated carbocycles. The average Bonchev–Trinajstić information content (AvgIpc) is 2.39. The quantitative estimate of drug-likeness (QED) is 0.805. The van der Waals surface area contributed by atoms with Gasteiger partial charge in [-0.3, -0.25) is 4.90 Å². The van der Waals surface area contributed by atoms with E-state index in [0.717, 1.165) is 24.6 Å². The van der Waals surface area contributed by atoms with Crippen LogP contribution in [0.2, 0.25) is 0 Å². The van der Waals surface area contributed by atoms with Crippen molar-refractivity contribution < 1.29 is 4.74 Å². The van der Waals surface area contributed by atoms with Gasteiger partial charge < -0.3 is 4.74 Å². The third-order valence-electron chi connectivity index (χ3n) is 3.36. The summed E-state index contributed by atoms with van der Waals surface area (Å²) in [4.78, 5) is 2.52. The molecule has 1 aromatic carbocycles. The first kappa shape index (κ1) is 13.2. The number of rotatable bonds is 4. The van der Waals surface area contributed by atoms with Crippen LogP contribution in [0.4, 0.5) is 0 Å². The maximum Gasteiger partial charge on any atom is 0.119 e. The summed E-state index contributed by atoms with van der Waals surface area (Å²) < 4.78 is 5.28. The highest BCUT2D eigenvalue weighted by molar-refractivity contribution is 5.67. The second kappa shape index (κ2) is 6.05. The molecule has 1 aliphatic rings. The molecule has 0 aliphatic carbocycles. The Labute approximate surface area is 110 Å². The molecule has 0 amide bonds. The first-order valence-electron chi connectivity index (χ1n) is 6.75. The Morgan fingerprint density at radius 3 is 2.78 bits per heavy atom. The number of methoxy groups -OCH3 is 1. The Morgan fingerprint density at radius 2 is 2.17 bits per heavy atom. The topological polar surface area (TPSA) is 12.5 Å². The Balaban J connectivity index is 2.04. The van der Waals surface area contributed by atoms with Crippen molar-refractivity contribution in [3.8, 4) is 5.75 Å². The molecule has 98 valence electrons. The summed E-state index contributed by atoms with van der Waals surface area (Å²) >= 11 is 0. The van der Waals surface area contributed by atoms with E-state index in [4.69, 9.17) is 4.74 Å². The van der Waals surface area contributed by atoms with Crippen molar-refractivity contribution in [3.05, 3.63) is 35.9 Å². The molecule has 0 saturated heterocycles. The molecule has 0 atom stereocenters. The SMILES string of the molecule is COc1cccc(C2=CCN(CC(C)C)CC2)c1. The van der Waals surface area contributed by atoms with Gasteiger partial charge in [0.15, 0.2) is 0 Å². The lowest BCUT2D eigenvalue weighted by Crippen LogP contribution is -2.31. The molecule has 2 rings (SSSR count). The number of nitrogens with zero attached hydrogens (tertiary/aromatic N) is 1.